The van der Waals surface area contributed by atoms with Crippen LogP contribution in [0.5, 0.6) is 0 Å². The molecule has 2 atom stereocenters. The molecule has 1 nitrogen and oxygen atoms in total. The zero-order valence-corrected chi connectivity index (χ0v) is 12.0. The number of halogens is 2. The van der Waals surface area contributed by atoms with Crippen molar-refractivity contribution in [1.29, 1.82) is 0 Å². The number of hydrogen-bond donors (Lipinski definition) is 1. The maximum atomic E-state index is 13.7. The standard InChI is InChI=1S/C15H21ClFN/c1-10-9-15(2,3)7-6-13(10)18-14-8-11(16)4-5-12(14)17/h4-5,8,10,13,18H,6-7,9H2,1-3H3. The number of hydrogen-bond acceptors (Lipinski definition) is 1. The molecule has 1 aromatic carbocycles. The summed E-state index contributed by atoms with van der Waals surface area (Å²) in [5.74, 6) is 0.323. The van der Waals surface area contributed by atoms with Gasteiger partial charge >= 0.3 is 0 Å². The Balaban J connectivity index is 2.08. The summed E-state index contributed by atoms with van der Waals surface area (Å²) in [6.07, 6.45) is 3.43. The van der Waals surface area contributed by atoms with Gasteiger partial charge in [-0.25, -0.2) is 4.39 Å². The van der Waals surface area contributed by atoms with Crippen LogP contribution in [0.1, 0.15) is 40.0 Å². The van der Waals surface area contributed by atoms with Crippen molar-refractivity contribution < 1.29 is 4.39 Å². The van der Waals surface area contributed by atoms with Crippen molar-refractivity contribution in [2.75, 3.05) is 5.32 Å². The van der Waals surface area contributed by atoms with E-state index in [2.05, 4.69) is 26.1 Å². The third kappa shape index (κ3) is 3.17. The molecule has 1 saturated carbocycles. The smallest absolute Gasteiger partial charge is 0.146 e. The summed E-state index contributed by atoms with van der Waals surface area (Å²) < 4.78 is 13.7. The predicted molar refractivity (Wildman–Crippen MR) is 75.6 cm³/mol. The van der Waals surface area contributed by atoms with Gasteiger partial charge < -0.3 is 5.32 Å². The molecular weight excluding hydrogens is 249 g/mol. The fourth-order valence-corrected chi connectivity index (χ4v) is 3.14. The van der Waals surface area contributed by atoms with E-state index in [1.807, 2.05) is 0 Å². The van der Waals surface area contributed by atoms with Crippen LogP contribution in [0.25, 0.3) is 0 Å². The highest BCUT2D eigenvalue weighted by Crippen LogP contribution is 2.39. The Kier molecular flexibility index (Phi) is 3.86. The van der Waals surface area contributed by atoms with Gasteiger partial charge in [0.1, 0.15) is 5.82 Å². The summed E-state index contributed by atoms with van der Waals surface area (Å²) in [5.41, 5.74) is 0.934. The normalized spacial score (nSPS) is 26.9. The van der Waals surface area contributed by atoms with Gasteiger partial charge in [0.05, 0.1) is 5.69 Å². The molecule has 18 heavy (non-hydrogen) atoms. The van der Waals surface area contributed by atoms with E-state index < -0.39 is 0 Å². The van der Waals surface area contributed by atoms with Gasteiger partial charge in [0, 0.05) is 11.1 Å². The van der Waals surface area contributed by atoms with Gasteiger partial charge in [0.25, 0.3) is 0 Å². The highest BCUT2D eigenvalue weighted by Gasteiger charge is 2.32. The summed E-state index contributed by atoms with van der Waals surface area (Å²) in [7, 11) is 0. The molecular formula is C15H21ClFN. The van der Waals surface area contributed by atoms with Crippen LogP contribution in [-0.2, 0) is 0 Å². The molecule has 1 aliphatic carbocycles. The minimum absolute atomic E-state index is 0.226. The minimum Gasteiger partial charge on any atom is -0.380 e. The summed E-state index contributed by atoms with van der Waals surface area (Å²) in [6.45, 7) is 6.85. The van der Waals surface area contributed by atoms with Gasteiger partial charge in [-0.3, -0.25) is 0 Å². The van der Waals surface area contributed by atoms with Crippen LogP contribution in [0.3, 0.4) is 0 Å². The van der Waals surface area contributed by atoms with Gasteiger partial charge in [-0.05, 0) is 48.8 Å². The molecule has 0 aliphatic heterocycles. The Morgan fingerprint density at radius 2 is 2.11 bits per heavy atom. The Hall–Kier alpha value is -0.760. The molecule has 0 saturated heterocycles. The van der Waals surface area contributed by atoms with Crippen molar-refractivity contribution in [1.82, 2.24) is 0 Å². The van der Waals surface area contributed by atoms with Crippen molar-refractivity contribution in [3.63, 3.8) is 0 Å². The lowest BCUT2D eigenvalue weighted by atomic mass is 9.70. The Morgan fingerprint density at radius 1 is 1.39 bits per heavy atom. The van der Waals surface area contributed by atoms with Crippen LogP contribution in [0.2, 0.25) is 5.02 Å². The van der Waals surface area contributed by atoms with E-state index in [1.54, 1.807) is 12.1 Å². The lowest BCUT2D eigenvalue weighted by Crippen LogP contribution is -2.37. The van der Waals surface area contributed by atoms with Crippen molar-refractivity contribution in [3.8, 4) is 0 Å². The van der Waals surface area contributed by atoms with Crippen LogP contribution in [-0.4, -0.2) is 6.04 Å². The fourth-order valence-electron chi connectivity index (χ4n) is 2.97. The fraction of sp³-hybridized carbons (Fsp3) is 0.600. The zero-order chi connectivity index (χ0) is 13.3. The predicted octanol–water partition coefficient (Wildman–Crippen LogP) is 5.11. The molecule has 0 spiro atoms. The van der Waals surface area contributed by atoms with Crippen LogP contribution in [0, 0.1) is 17.2 Å². The lowest BCUT2D eigenvalue weighted by Gasteiger charge is -2.40. The number of rotatable bonds is 2. The number of benzene rings is 1. The van der Waals surface area contributed by atoms with Crippen LogP contribution in [0.4, 0.5) is 10.1 Å². The van der Waals surface area contributed by atoms with Crippen molar-refractivity contribution in [3.05, 3.63) is 29.0 Å². The van der Waals surface area contributed by atoms with E-state index in [0.29, 0.717) is 28.1 Å². The highest BCUT2D eigenvalue weighted by molar-refractivity contribution is 6.30. The number of anilines is 1. The average Bonchev–Trinajstić information content (AvgIpc) is 2.26. The molecule has 1 N–H and O–H groups in total. The molecule has 0 bridgehead atoms. The molecule has 2 unspecified atom stereocenters. The van der Waals surface area contributed by atoms with Gasteiger partial charge in [0.2, 0.25) is 0 Å². The van der Waals surface area contributed by atoms with Gasteiger partial charge in [-0.1, -0.05) is 32.4 Å². The number of nitrogens with one attached hydrogen (secondary N) is 1. The quantitative estimate of drug-likeness (QED) is 0.787. The van der Waals surface area contributed by atoms with Crippen molar-refractivity contribution in [2.24, 2.45) is 11.3 Å². The molecule has 0 aromatic heterocycles. The zero-order valence-electron chi connectivity index (χ0n) is 11.3. The second-order valence-electron chi connectivity index (χ2n) is 6.26. The third-order valence-electron chi connectivity index (χ3n) is 3.96. The topological polar surface area (TPSA) is 12.0 Å². The lowest BCUT2D eigenvalue weighted by molar-refractivity contribution is 0.177. The van der Waals surface area contributed by atoms with Crippen molar-refractivity contribution >= 4 is 17.3 Å². The van der Waals surface area contributed by atoms with Crippen molar-refractivity contribution in [2.45, 2.75) is 46.1 Å². The molecule has 0 amide bonds. The summed E-state index contributed by atoms with van der Waals surface area (Å²) in [5, 5.41) is 3.89. The van der Waals surface area contributed by atoms with Crippen LogP contribution >= 0.6 is 11.6 Å². The monoisotopic (exact) mass is 269 g/mol. The molecule has 3 heteroatoms. The largest absolute Gasteiger partial charge is 0.380 e. The van der Waals surface area contributed by atoms with E-state index in [0.717, 1.165) is 6.42 Å². The molecule has 100 valence electrons. The maximum absolute atomic E-state index is 13.7. The first-order valence-corrected chi connectivity index (χ1v) is 6.97. The van der Waals surface area contributed by atoms with Gasteiger partial charge in [-0.15, -0.1) is 0 Å². The van der Waals surface area contributed by atoms with E-state index in [9.17, 15) is 4.39 Å². The first kappa shape index (κ1) is 13.7. The van der Waals surface area contributed by atoms with E-state index in [4.69, 9.17) is 11.6 Å². The molecule has 0 radical (unpaired) electrons. The van der Waals surface area contributed by atoms with Gasteiger partial charge in [0.15, 0.2) is 0 Å². The molecule has 1 fully saturated rings. The molecule has 2 rings (SSSR count). The maximum Gasteiger partial charge on any atom is 0.146 e. The minimum atomic E-state index is -0.226. The second kappa shape index (κ2) is 5.08. The molecule has 0 heterocycles. The summed E-state index contributed by atoms with van der Waals surface area (Å²) in [4.78, 5) is 0. The average molecular weight is 270 g/mol. The van der Waals surface area contributed by atoms with E-state index >= 15 is 0 Å². The first-order valence-electron chi connectivity index (χ1n) is 6.59. The Morgan fingerprint density at radius 3 is 2.78 bits per heavy atom. The third-order valence-corrected chi connectivity index (χ3v) is 4.20. The highest BCUT2D eigenvalue weighted by atomic mass is 35.5. The summed E-state index contributed by atoms with van der Waals surface area (Å²) >= 11 is 5.91. The van der Waals surface area contributed by atoms with Gasteiger partial charge in [-0.2, -0.15) is 0 Å². The summed E-state index contributed by atoms with van der Waals surface area (Å²) in [6, 6.07) is 5.01. The van der Waals surface area contributed by atoms with Crippen LogP contribution < -0.4 is 5.32 Å². The Labute approximate surface area is 114 Å². The Bertz CT molecular complexity index is 431. The SMILES string of the molecule is CC1CC(C)(C)CCC1Nc1cc(Cl)ccc1F. The second-order valence-corrected chi connectivity index (χ2v) is 6.70. The van der Waals surface area contributed by atoms with E-state index in [1.165, 1.54) is 18.9 Å². The first-order chi connectivity index (χ1) is 8.37. The van der Waals surface area contributed by atoms with Crippen LogP contribution in [0.15, 0.2) is 18.2 Å². The van der Waals surface area contributed by atoms with E-state index in [-0.39, 0.29) is 5.82 Å². The molecule has 1 aliphatic rings. The molecule has 1 aromatic rings.